The topological polar surface area (TPSA) is 87.9 Å². The summed E-state index contributed by atoms with van der Waals surface area (Å²) in [6.07, 6.45) is 3.12. The lowest BCUT2D eigenvalue weighted by Gasteiger charge is -2.29. The van der Waals surface area contributed by atoms with Crippen LogP contribution in [0, 0.1) is 5.82 Å². The molecule has 30 heavy (non-hydrogen) atoms. The number of nitrogens with one attached hydrogen (secondary N) is 1. The molecule has 2 aliphatic heterocycles. The van der Waals surface area contributed by atoms with E-state index in [-0.39, 0.29) is 19.0 Å². The van der Waals surface area contributed by atoms with Crippen molar-refractivity contribution in [3.8, 4) is 0 Å². The van der Waals surface area contributed by atoms with Gasteiger partial charge < -0.3 is 19.5 Å². The standard InChI is InChI=1S/C20H20ClFN4O4/c1-12(27)23-9-15-10-26(20(28)30-15)14-2-3-18(17(22)8-14)25-6-4-13(5-7-25)16-11-29-24-19(16)21/h2-4,8,11,15H,5-7,9-10H2,1H3,(H,23,27)/t15-/m0/s1. The number of aromatic nitrogens is 1. The smallest absolute Gasteiger partial charge is 0.414 e. The molecule has 2 aromatic rings. The van der Waals surface area contributed by atoms with Crippen molar-refractivity contribution in [2.75, 3.05) is 36.0 Å². The molecule has 0 unspecified atom stereocenters. The van der Waals surface area contributed by atoms with Crippen molar-refractivity contribution >= 4 is 40.5 Å². The quantitative estimate of drug-likeness (QED) is 0.777. The first-order valence-electron chi connectivity index (χ1n) is 9.48. The van der Waals surface area contributed by atoms with Gasteiger partial charge in [0.05, 0.1) is 30.0 Å². The number of nitrogens with zero attached hydrogens (tertiary/aromatic N) is 3. The zero-order valence-corrected chi connectivity index (χ0v) is 17.0. The molecule has 1 saturated heterocycles. The maximum atomic E-state index is 14.9. The largest absolute Gasteiger partial charge is 0.442 e. The van der Waals surface area contributed by atoms with Gasteiger partial charge in [-0.25, -0.2) is 9.18 Å². The highest BCUT2D eigenvalue weighted by atomic mass is 35.5. The van der Waals surface area contributed by atoms with E-state index in [4.69, 9.17) is 20.9 Å². The Morgan fingerprint density at radius 1 is 1.43 bits per heavy atom. The zero-order valence-electron chi connectivity index (χ0n) is 16.2. The second-order valence-corrected chi connectivity index (χ2v) is 7.49. The van der Waals surface area contributed by atoms with Gasteiger partial charge in [0, 0.05) is 20.0 Å². The number of rotatable bonds is 5. The molecular formula is C20H20ClFN4O4. The van der Waals surface area contributed by atoms with Crippen molar-refractivity contribution in [1.82, 2.24) is 10.5 Å². The summed E-state index contributed by atoms with van der Waals surface area (Å²) in [5.41, 5.74) is 2.64. The summed E-state index contributed by atoms with van der Waals surface area (Å²) in [6.45, 7) is 2.97. The van der Waals surface area contributed by atoms with E-state index in [9.17, 15) is 14.0 Å². The third kappa shape index (κ3) is 4.11. The van der Waals surface area contributed by atoms with Crippen LogP contribution in [0.1, 0.15) is 18.9 Å². The van der Waals surface area contributed by atoms with Crippen molar-refractivity contribution in [3.05, 3.63) is 47.1 Å². The fraction of sp³-hybridized carbons (Fsp3) is 0.350. The van der Waals surface area contributed by atoms with Gasteiger partial charge in [-0.05, 0) is 30.2 Å². The van der Waals surface area contributed by atoms with Gasteiger partial charge in [0.15, 0.2) is 5.15 Å². The maximum Gasteiger partial charge on any atom is 0.414 e. The van der Waals surface area contributed by atoms with Crippen LogP contribution in [0.3, 0.4) is 0 Å². The van der Waals surface area contributed by atoms with Gasteiger partial charge in [-0.3, -0.25) is 9.69 Å². The van der Waals surface area contributed by atoms with Crippen LogP contribution in [0.15, 0.2) is 35.1 Å². The average molecular weight is 435 g/mol. The average Bonchev–Trinajstić information content (AvgIpc) is 3.32. The van der Waals surface area contributed by atoms with E-state index >= 15 is 0 Å². The first-order valence-corrected chi connectivity index (χ1v) is 9.86. The minimum Gasteiger partial charge on any atom is -0.442 e. The van der Waals surface area contributed by atoms with E-state index in [0.717, 1.165) is 11.1 Å². The number of hydrogen-bond acceptors (Lipinski definition) is 6. The Kier molecular flexibility index (Phi) is 5.63. The highest BCUT2D eigenvalue weighted by molar-refractivity contribution is 6.31. The Bertz CT molecular complexity index is 1010. The zero-order chi connectivity index (χ0) is 21.3. The molecule has 158 valence electrons. The van der Waals surface area contributed by atoms with E-state index in [0.29, 0.717) is 36.0 Å². The number of amides is 2. The second kappa shape index (κ2) is 8.35. The molecule has 1 aromatic carbocycles. The Balaban J connectivity index is 1.44. The number of cyclic esters (lactones) is 1. The molecule has 1 N–H and O–H groups in total. The highest BCUT2D eigenvalue weighted by Crippen LogP contribution is 2.32. The maximum absolute atomic E-state index is 14.9. The summed E-state index contributed by atoms with van der Waals surface area (Å²) in [5.74, 6) is -0.629. The SMILES string of the molecule is CC(=O)NC[C@H]1CN(c2ccc(N3CC=C(c4conc4Cl)CC3)c(F)c2)C(=O)O1. The number of carbonyl (C=O) groups is 2. The summed E-state index contributed by atoms with van der Waals surface area (Å²) in [6, 6.07) is 4.67. The van der Waals surface area contributed by atoms with Crippen molar-refractivity contribution < 1.29 is 23.2 Å². The summed E-state index contributed by atoms with van der Waals surface area (Å²) >= 11 is 6.01. The second-order valence-electron chi connectivity index (χ2n) is 7.13. The summed E-state index contributed by atoms with van der Waals surface area (Å²) in [5, 5.41) is 6.61. The highest BCUT2D eigenvalue weighted by Gasteiger charge is 2.33. The van der Waals surface area contributed by atoms with Gasteiger partial charge in [0.25, 0.3) is 0 Å². The fourth-order valence-corrected chi connectivity index (χ4v) is 3.79. The molecule has 4 rings (SSSR count). The summed E-state index contributed by atoms with van der Waals surface area (Å²) < 4.78 is 25.0. The summed E-state index contributed by atoms with van der Waals surface area (Å²) in [4.78, 5) is 26.4. The Hall–Kier alpha value is -3.07. The first kappa shape index (κ1) is 20.2. The number of hydrogen-bond donors (Lipinski definition) is 1. The van der Waals surface area contributed by atoms with Crippen molar-refractivity contribution in [2.24, 2.45) is 0 Å². The molecule has 0 radical (unpaired) electrons. The number of halogens is 2. The van der Waals surface area contributed by atoms with Gasteiger partial charge in [-0.1, -0.05) is 22.8 Å². The van der Waals surface area contributed by atoms with Crippen LogP contribution in [0.4, 0.5) is 20.6 Å². The molecule has 0 spiro atoms. The van der Waals surface area contributed by atoms with Crippen molar-refractivity contribution in [3.63, 3.8) is 0 Å². The van der Waals surface area contributed by atoms with E-state index in [1.807, 2.05) is 11.0 Å². The molecular weight excluding hydrogens is 415 g/mol. The van der Waals surface area contributed by atoms with E-state index in [2.05, 4.69) is 10.5 Å². The van der Waals surface area contributed by atoms with Gasteiger partial charge in [-0.2, -0.15) is 0 Å². The summed E-state index contributed by atoms with van der Waals surface area (Å²) in [7, 11) is 0. The Morgan fingerprint density at radius 2 is 2.27 bits per heavy atom. The minimum absolute atomic E-state index is 0.204. The minimum atomic E-state index is -0.561. The van der Waals surface area contributed by atoms with E-state index < -0.39 is 18.0 Å². The van der Waals surface area contributed by atoms with Crippen LogP contribution in [-0.4, -0.2) is 49.4 Å². The van der Waals surface area contributed by atoms with Gasteiger partial charge >= 0.3 is 6.09 Å². The molecule has 1 fully saturated rings. The molecule has 0 aliphatic carbocycles. The van der Waals surface area contributed by atoms with Crippen LogP contribution in [0.2, 0.25) is 5.15 Å². The number of ether oxygens (including phenoxy) is 1. The lowest BCUT2D eigenvalue weighted by Crippen LogP contribution is -2.33. The molecule has 10 heteroatoms. The molecule has 3 heterocycles. The number of carbonyl (C=O) groups excluding carboxylic acids is 2. The van der Waals surface area contributed by atoms with Crippen LogP contribution in [-0.2, 0) is 9.53 Å². The fourth-order valence-electron chi connectivity index (χ4n) is 3.58. The van der Waals surface area contributed by atoms with Gasteiger partial charge in [-0.15, -0.1) is 0 Å². The van der Waals surface area contributed by atoms with Crippen LogP contribution in [0.5, 0.6) is 0 Å². The molecule has 0 saturated carbocycles. The van der Waals surface area contributed by atoms with Crippen LogP contribution in [0.25, 0.3) is 5.57 Å². The van der Waals surface area contributed by atoms with E-state index in [1.54, 1.807) is 12.1 Å². The first-order chi connectivity index (χ1) is 14.4. The number of benzene rings is 1. The van der Waals surface area contributed by atoms with Crippen molar-refractivity contribution in [2.45, 2.75) is 19.4 Å². The molecule has 2 aliphatic rings. The van der Waals surface area contributed by atoms with Crippen LogP contribution >= 0.6 is 11.6 Å². The van der Waals surface area contributed by atoms with E-state index in [1.165, 1.54) is 24.2 Å². The predicted molar refractivity (Wildman–Crippen MR) is 109 cm³/mol. The Labute approximate surface area is 177 Å². The Morgan fingerprint density at radius 3 is 2.90 bits per heavy atom. The van der Waals surface area contributed by atoms with Crippen molar-refractivity contribution in [1.29, 1.82) is 0 Å². The monoisotopic (exact) mass is 434 g/mol. The van der Waals surface area contributed by atoms with Gasteiger partial charge in [0.1, 0.15) is 18.2 Å². The molecule has 2 amide bonds. The molecule has 0 bridgehead atoms. The third-order valence-corrected chi connectivity index (χ3v) is 5.39. The lowest BCUT2D eigenvalue weighted by molar-refractivity contribution is -0.119. The third-order valence-electron chi connectivity index (χ3n) is 5.12. The number of anilines is 2. The molecule has 1 atom stereocenters. The molecule has 1 aromatic heterocycles. The normalized spacial score (nSPS) is 19.0. The van der Waals surface area contributed by atoms with Crippen LogP contribution < -0.4 is 15.1 Å². The lowest BCUT2D eigenvalue weighted by atomic mass is 10.0. The molecule has 8 nitrogen and oxygen atoms in total. The predicted octanol–water partition coefficient (Wildman–Crippen LogP) is 3.22. The van der Waals surface area contributed by atoms with Gasteiger partial charge in [0.2, 0.25) is 5.91 Å².